The maximum Gasteiger partial charge on any atom is 0.0724 e. The highest BCUT2D eigenvalue weighted by Crippen LogP contribution is 2.20. The fourth-order valence-electron chi connectivity index (χ4n) is 3.03. The van der Waals surface area contributed by atoms with Crippen molar-refractivity contribution >= 4 is 0 Å². The number of morpholine rings is 1. The summed E-state index contributed by atoms with van der Waals surface area (Å²) in [6.45, 7) is 6.32. The fourth-order valence-corrected chi connectivity index (χ4v) is 3.03. The zero-order valence-corrected chi connectivity index (χ0v) is 11.7. The Morgan fingerprint density at radius 1 is 1.22 bits per heavy atom. The first kappa shape index (κ1) is 14.3. The molecule has 2 unspecified atom stereocenters. The zero-order chi connectivity index (χ0) is 12.6. The van der Waals surface area contributed by atoms with Crippen LogP contribution in [0.3, 0.4) is 0 Å². The molecule has 1 saturated carbocycles. The van der Waals surface area contributed by atoms with Crippen molar-refractivity contribution in [2.24, 2.45) is 0 Å². The molecule has 1 heterocycles. The van der Waals surface area contributed by atoms with E-state index in [-0.39, 0.29) is 0 Å². The van der Waals surface area contributed by atoms with E-state index in [9.17, 15) is 0 Å². The third-order valence-electron chi connectivity index (χ3n) is 4.17. The van der Waals surface area contributed by atoms with Crippen LogP contribution in [0.2, 0.25) is 0 Å². The van der Waals surface area contributed by atoms with Crippen molar-refractivity contribution in [3.63, 3.8) is 0 Å². The smallest absolute Gasteiger partial charge is 0.0724 e. The molecule has 1 N–H and O–H groups in total. The van der Waals surface area contributed by atoms with E-state index in [1.165, 1.54) is 38.6 Å². The Hall–Kier alpha value is -0.160. The number of nitrogens with zero attached hydrogens (tertiary/aromatic N) is 1. The first-order valence-corrected chi connectivity index (χ1v) is 7.46. The minimum absolute atomic E-state index is 0.433. The lowest BCUT2D eigenvalue weighted by molar-refractivity contribution is 0.0337. The molecular weight excluding hydrogens is 228 g/mol. The Kier molecular flexibility index (Phi) is 6.41. The average Bonchev–Trinajstić information content (AvgIpc) is 2.45. The second kappa shape index (κ2) is 8.10. The Morgan fingerprint density at radius 3 is 2.78 bits per heavy atom. The van der Waals surface area contributed by atoms with Crippen LogP contribution < -0.4 is 5.32 Å². The van der Waals surface area contributed by atoms with Crippen LogP contribution in [0.25, 0.3) is 0 Å². The molecule has 0 spiro atoms. The normalized spacial score (nSPS) is 30.5. The van der Waals surface area contributed by atoms with Gasteiger partial charge < -0.3 is 14.8 Å². The summed E-state index contributed by atoms with van der Waals surface area (Å²) in [5.74, 6) is 0. The van der Waals surface area contributed by atoms with Crippen molar-refractivity contribution in [2.75, 3.05) is 46.5 Å². The highest BCUT2D eigenvalue weighted by atomic mass is 16.5. The minimum Gasteiger partial charge on any atom is -0.380 e. The highest BCUT2D eigenvalue weighted by molar-refractivity contribution is 4.81. The van der Waals surface area contributed by atoms with Gasteiger partial charge in [0.2, 0.25) is 0 Å². The van der Waals surface area contributed by atoms with Gasteiger partial charge >= 0.3 is 0 Å². The summed E-state index contributed by atoms with van der Waals surface area (Å²) in [5, 5.41) is 3.68. The molecule has 0 bridgehead atoms. The quantitative estimate of drug-likeness (QED) is 0.725. The second-order valence-corrected chi connectivity index (χ2v) is 5.43. The SMILES string of the molecule is COC1CCCCC1NCCCN1CCOCC1. The number of methoxy groups -OCH3 is 1. The van der Waals surface area contributed by atoms with E-state index in [4.69, 9.17) is 9.47 Å². The molecule has 1 aliphatic carbocycles. The lowest BCUT2D eigenvalue weighted by atomic mass is 9.92. The van der Waals surface area contributed by atoms with E-state index < -0.39 is 0 Å². The molecule has 4 nitrogen and oxygen atoms in total. The molecule has 0 aromatic heterocycles. The van der Waals surface area contributed by atoms with Crippen molar-refractivity contribution in [3.05, 3.63) is 0 Å². The van der Waals surface area contributed by atoms with Crippen LogP contribution in [0.1, 0.15) is 32.1 Å². The second-order valence-electron chi connectivity index (χ2n) is 5.43. The lowest BCUT2D eigenvalue weighted by Gasteiger charge is -2.32. The van der Waals surface area contributed by atoms with Crippen LogP contribution in [-0.4, -0.2) is 63.5 Å². The fraction of sp³-hybridized carbons (Fsp3) is 1.00. The molecule has 4 heteroatoms. The zero-order valence-electron chi connectivity index (χ0n) is 11.7. The molecule has 0 aromatic rings. The Labute approximate surface area is 111 Å². The van der Waals surface area contributed by atoms with Crippen LogP contribution >= 0.6 is 0 Å². The molecule has 2 atom stereocenters. The van der Waals surface area contributed by atoms with Crippen LogP contribution in [0.15, 0.2) is 0 Å². The van der Waals surface area contributed by atoms with Gasteiger partial charge in [0.05, 0.1) is 19.3 Å². The van der Waals surface area contributed by atoms with Crippen molar-refractivity contribution in [3.8, 4) is 0 Å². The third-order valence-corrected chi connectivity index (χ3v) is 4.17. The molecule has 0 radical (unpaired) electrons. The molecule has 1 aliphatic heterocycles. The van der Waals surface area contributed by atoms with Gasteiger partial charge in [0.1, 0.15) is 0 Å². The molecule has 1 saturated heterocycles. The topological polar surface area (TPSA) is 33.7 Å². The van der Waals surface area contributed by atoms with Crippen LogP contribution in [0.4, 0.5) is 0 Å². The summed E-state index contributed by atoms with van der Waals surface area (Å²) < 4.78 is 10.9. The molecule has 2 fully saturated rings. The number of hydrogen-bond acceptors (Lipinski definition) is 4. The molecule has 106 valence electrons. The summed E-state index contributed by atoms with van der Waals surface area (Å²) in [6, 6.07) is 0.577. The first-order chi connectivity index (χ1) is 8.90. The number of nitrogens with one attached hydrogen (secondary N) is 1. The minimum atomic E-state index is 0.433. The van der Waals surface area contributed by atoms with E-state index >= 15 is 0 Å². The van der Waals surface area contributed by atoms with Crippen LogP contribution in [0.5, 0.6) is 0 Å². The largest absolute Gasteiger partial charge is 0.380 e. The van der Waals surface area contributed by atoms with Crippen LogP contribution in [-0.2, 0) is 9.47 Å². The van der Waals surface area contributed by atoms with Crippen LogP contribution in [0, 0.1) is 0 Å². The molecule has 18 heavy (non-hydrogen) atoms. The van der Waals surface area contributed by atoms with Gasteiger partial charge in [0.25, 0.3) is 0 Å². The van der Waals surface area contributed by atoms with Gasteiger partial charge in [-0.1, -0.05) is 12.8 Å². The van der Waals surface area contributed by atoms with Gasteiger partial charge in [-0.15, -0.1) is 0 Å². The molecule has 0 aromatic carbocycles. The predicted octanol–water partition coefficient (Wildman–Crippen LogP) is 1.26. The Morgan fingerprint density at radius 2 is 2.00 bits per heavy atom. The summed E-state index contributed by atoms with van der Waals surface area (Å²) in [7, 11) is 1.85. The average molecular weight is 256 g/mol. The molecular formula is C14H28N2O2. The maximum atomic E-state index is 5.56. The van der Waals surface area contributed by atoms with Gasteiger partial charge in [0.15, 0.2) is 0 Å². The maximum absolute atomic E-state index is 5.56. The Bertz CT molecular complexity index is 220. The van der Waals surface area contributed by atoms with Gasteiger partial charge in [-0.05, 0) is 32.4 Å². The first-order valence-electron chi connectivity index (χ1n) is 7.46. The van der Waals surface area contributed by atoms with E-state index in [2.05, 4.69) is 10.2 Å². The standard InChI is InChI=1S/C14H28N2O2/c1-17-14-6-3-2-5-13(14)15-7-4-8-16-9-11-18-12-10-16/h13-15H,2-12H2,1H3. The summed E-state index contributed by atoms with van der Waals surface area (Å²) in [4.78, 5) is 2.50. The number of ether oxygens (including phenoxy) is 2. The van der Waals surface area contributed by atoms with Crippen molar-refractivity contribution < 1.29 is 9.47 Å². The monoisotopic (exact) mass is 256 g/mol. The molecule has 0 amide bonds. The summed E-state index contributed by atoms with van der Waals surface area (Å²) in [5.41, 5.74) is 0. The summed E-state index contributed by atoms with van der Waals surface area (Å²) in [6.07, 6.45) is 6.83. The number of rotatable bonds is 6. The molecule has 2 rings (SSSR count). The van der Waals surface area contributed by atoms with E-state index in [0.717, 1.165) is 32.8 Å². The predicted molar refractivity (Wildman–Crippen MR) is 72.9 cm³/mol. The third kappa shape index (κ3) is 4.50. The van der Waals surface area contributed by atoms with Crippen molar-refractivity contribution in [1.29, 1.82) is 0 Å². The highest BCUT2D eigenvalue weighted by Gasteiger charge is 2.23. The van der Waals surface area contributed by atoms with E-state index in [1.807, 2.05) is 7.11 Å². The van der Waals surface area contributed by atoms with Gasteiger partial charge in [0, 0.05) is 26.2 Å². The van der Waals surface area contributed by atoms with Gasteiger partial charge in [-0.25, -0.2) is 0 Å². The summed E-state index contributed by atoms with van der Waals surface area (Å²) >= 11 is 0. The van der Waals surface area contributed by atoms with Gasteiger partial charge in [-0.2, -0.15) is 0 Å². The molecule has 2 aliphatic rings. The van der Waals surface area contributed by atoms with E-state index in [1.54, 1.807) is 0 Å². The van der Waals surface area contributed by atoms with E-state index in [0.29, 0.717) is 12.1 Å². The lowest BCUT2D eigenvalue weighted by Crippen LogP contribution is -2.44. The number of hydrogen-bond donors (Lipinski definition) is 1. The Balaban J connectivity index is 1.56. The van der Waals surface area contributed by atoms with Crippen molar-refractivity contribution in [2.45, 2.75) is 44.2 Å². The van der Waals surface area contributed by atoms with Gasteiger partial charge in [-0.3, -0.25) is 4.90 Å². The van der Waals surface area contributed by atoms with Crippen molar-refractivity contribution in [1.82, 2.24) is 10.2 Å².